The third kappa shape index (κ3) is 3.15. The molecule has 0 radical (unpaired) electrons. The summed E-state index contributed by atoms with van der Waals surface area (Å²) in [5, 5.41) is 9.92. The van der Waals surface area contributed by atoms with E-state index in [1.54, 1.807) is 17.0 Å². The molecule has 1 atom stereocenters. The molecule has 3 rings (SSSR count). The number of hydrogen-bond donors (Lipinski definition) is 1. The lowest BCUT2D eigenvalue weighted by atomic mass is 10.1. The van der Waals surface area contributed by atoms with Gasteiger partial charge in [0.25, 0.3) is 5.91 Å². The fourth-order valence-electron chi connectivity index (χ4n) is 2.55. The van der Waals surface area contributed by atoms with Crippen molar-refractivity contribution >= 4 is 21.8 Å². The van der Waals surface area contributed by atoms with Gasteiger partial charge >= 0.3 is 0 Å². The van der Waals surface area contributed by atoms with Crippen molar-refractivity contribution in [3.8, 4) is 5.75 Å². The van der Waals surface area contributed by atoms with Crippen molar-refractivity contribution in [1.82, 2.24) is 4.90 Å². The molecule has 0 spiro atoms. The Morgan fingerprint density at radius 2 is 2.00 bits per heavy atom. The van der Waals surface area contributed by atoms with E-state index in [-0.39, 0.29) is 17.8 Å². The smallest absolute Gasteiger partial charge is 0.257 e. The maximum atomic E-state index is 12.6. The van der Waals surface area contributed by atoms with Gasteiger partial charge in [-0.25, -0.2) is 0 Å². The van der Waals surface area contributed by atoms with Gasteiger partial charge in [-0.1, -0.05) is 46.3 Å². The number of amides is 1. The summed E-state index contributed by atoms with van der Waals surface area (Å²) in [6.45, 7) is 1.49. The summed E-state index contributed by atoms with van der Waals surface area (Å²) in [4.78, 5) is 14.4. The highest BCUT2D eigenvalue weighted by Crippen LogP contribution is 2.27. The number of carbonyl (C=O) groups excluding carboxylic acids is 1. The van der Waals surface area contributed by atoms with Crippen LogP contribution in [0.2, 0.25) is 0 Å². The first-order chi connectivity index (χ1) is 10.6. The van der Waals surface area contributed by atoms with E-state index >= 15 is 0 Å². The Morgan fingerprint density at radius 1 is 1.23 bits per heavy atom. The molecule has 1 aliphatic heterocycles. The minimum absolute atomic E-state index is 0.00375. The maximum absolute atomic E-state index is 12.6. The highest BCUT2D eigenvalue weighted by molar-refractivity contribution is 9.10. The molecule has 0 aliphatic carbocycles. The molecule has 1 unspecified atom stereocenters. The zero-order valence-electron chi connectivity index (χ0n) is 11.9. The van der Waals surface area contributed by atoms with Crippen molar-refractivity contribution < 1.29 is 14.6 Å². The molecule has 1 N–H and O–H groups in total. The van der Waals surface area contributed by atoms with Gasteiger partial charge < -0.3 is 14.7 Å². The second-order valence-corrected chi connectivity index (χ2v) is 6.10. The Labute approximate surface area is 137 Å². The van der Waals surface area contributed by atoms with E-state index in [1.165, 1.54) is 6.07 Å². The van der Waals surface area contributed by atoms with Gasteiger partial charge in [-0.2, -0.15) is 0 Å². The van der Waals surface area contributed by atoms with Crippen LogP contribution in [0, 0.1) is 0 Å². The lowest BCUT2D eigenvalue weighted by Gasteiger charge is -2.33. The average molecular weight is 362 g/mol. The molecule has 0 saturated carbocycles. The van der Waals surface area contributed by atoms with Gasteiger partial charge in [-0.15, -0.1) is 0 Å². The molecule has 1 fully saturated rings. The van der Waals surface area contributed by atoms with E-state index in [2.05, 4.69) is 15.9 Å². The van der Waals surface area contributed by atoms with Crippen LogP contribution in [0.5, 0.6) is 5.75 Å². The zero-order valence-corrected chi connectivity index (χ0v) is 13.5. The molecule has 1 aliphatic rings. The molecule has 0 aromatic heterocycles. The largest absolute Gasteiger partial charge is 0.507 e. The summed E-state index contributed by atoms with van der Waals surface area (Å²) >= 11 is 3.33. The van der Waals surface area contributed by atoms with Crippen LogP contribution in [0.4, 0.5) is 0 Å². The molecule has 0 bridgehead atoms. The fraction of sp³-hybridized carbons (Fsp3) is 0.235. The number of hydrogen-bond acceptors (Lipinski definition) is 3. The summed E-state index contributed by atoms with van der Waals surface area (Å²) in [5.74, 6) is -0.181. The van der Waals surface area contributed by atoms with Crippen LogP contribution in [0.1, 0.15) is 22.0 Å². The lowest BCUT2D eigenvalue weighted by molar-refractivity contribution is -0.0229. The molecule has 5 heteroatoms. The molecule has 114 valence electrons. The number of phenols is 1. The van der Waals surface area contributed by atoms with Crippen molar-refractivity contribution in [3.05, 3.63) is 64.1 Å². The third-order valence-corrected chi connectivity index (χ3v) is 4.21. The van der Waals surface area contributed by atoms with Crippen molar-refractivity contribution in [1.29, 1.82) is 0 Å². The predicted octanol–water partition coefficient (Wildman–Crippen LogP) is 3.37. The van der Waals surface area contributed by atoms with Crippen LogP contribution < -0.4 is 0 Å². The van der Waals surface area contributed by atoms with Crippen molar-refractivity contribution in [2.24, 2.45) is 0 Å². The van der Waals surface area contributed by atoms with Crippen molar-refractivity contribution in [3.63, 3.8) is 0 Å². The van der Waals surface area contributed by atoms with E-state index < -0.39 is 0 Å². The molecule has 1 amide bonds. The quantitative estimate of drug-likeness (QED) is 0.891. The molecular formula is C17H16BrNO3. The first-order valence-corrected chi connectivity index (χ1v) is 7.89. The van der Waals surface area contributed by atoms with Crippen LogP contribution in [0.3, 0.4) is 0 Å². The summed E-state index contributed by atoms with van der Waals surface area (Å²) in [7, 11) is 0. The third-order valence-electron chi connectivity index (χ3n) is 3.71. The molecule has 2 aromatic rings. The van der Waals surface area contributed by atoms with Gasteiger partial charge in [0.2, 0.25) is 0 Å². The number of phenolic OH excluding ortho intramolecular Hbond substituents is 1. The molecule has 4 nitrogen and oxygen atoms in total. The maximum Gasteiger partial charge on any atom is 0.257 e. The Hall–Kier alpha value is -1.85. The van der Waals surface area contributed by atoms with Gasteiger partial charge in [0, 0.05) is 11.0 Å². The normalized spacial score (nSPS) is 18.2. The standard InChI is InChI=1S/C17H16BrNO3/c18-13-6-7-15(20)14(10-13)17(21)19-8-9-22-16(11-19)12-4-2-1-3-5-12/h1-7,10,16,20H,8-9,11H2. The van der Waals surface area contributed by atoms with E-state index in [1.807, 2.05) is 30.3 Å². The van der Waals surface area contributed by atoms with Crippen LogP contribution in [0.25, 0.3) is 0 Å². The Kier molecular flexibility index (Phi) is 4.45. The minimum Gasteiger partial charge on any atom is -0.507 e. The van der Waals surface area contributed by atoms with E-state index in [0.29, 0.717) is 25.3 Å². The van der Waals surface area contributed by atoms with E-state index in [4.69, 9.17) is 4.74 Å². The molecule has 22 heavy (non-hydrogen) atoms. The summed E-state index contributed by atoms with van der Waals surface area (Å²) in [6.07, 6.45) is -0.131. The van der Waals surface area contributed by atoms with Gasteiger partial charge in [0.15, 0.2) is 0 Å². The number of morpholine rings is 1. The highest BCUT2D eigenvalue weighted by atomic mass is 79.9. The first kappa shape index (κ1) is 15.1. The first-order valence-electron chi connectivity index (χ1n) is 7.09. The van der Waals surface area contributed by atoms with Gasteiger partial charge in [-0.3, -0.25) is 4.79 Å². The van der Waals surface area contributed by atoms with Crippen LogP contribution >= 0.6 is 15.9 Å². The summed E-state index contributed by atoms with van der Waals surface area (Å²) in [5.41, 5.74) is 1.36. The zero-order chi connectivity index (χ0) is 15.5. The number of rotatable bonds is 2. The van der Waals surface area contributed by atoms with Gasteiger partial charge in [0.1, 0.15) is 11.9 Å². The fourth-order valence-corrected chi connectivity index (χ4v) is 2.91. The van der Waals surface area contributed by atoms with Gasteiger partial charge in [-0.05, 0) is 23.8 Å². The Bertz CT molecular complexity index is 675. The van der Waals surface area contributed by atoms with E-state index in [0.717, 1.165) is 10.0 Å². The highest BCUT2D eigenvalue weighted by Gasteiger charge is 2.27. The number of halogens is 1. The molecule has 1 heterocycles. The molecule has 1 saturated heterocycles. The number of benzene rings is 2. The molecular weight excluding hydrogens is 346 g/mol. The van der Waals surface area contributed by atoms with Crippen LogP contribution in [-0.2, 0) is 4.74 Å². The van der Waals surface area contributed by atoms with E-state index in [9.17, 15) is 9.90 Å². The monoisotopic (exact) mass is 361 g/mol. The predicted molar refractivity (Wildman–Crippen MR) is 86.8 cm³/mol. The van der Waals surface area contributed by atoms with Crippen molar-refractivity contribution in [2.75, 3.05) is 19.7 Å². The Balaban J connectivity index is 1.80. The average Bonchev–Trinajstić information content (AvgIpc) is 2.57. The SMILES string of the molecule is O=C(c1cc(Br)ccc1O)N1CCOC(c2ccccc2)C1. The van der Waals surface area contributed by atoms with Crippen LogP contribution in [-0.4, -0.2) is 35.6 Å². The minimum atomic E-state index is -0.178. The number of carbonyl (C=O) groups is 1. The van der Waals surface area contributed by atoms with Gasteiger partial charge in [0.05, 0.1) is 18.7 Å². The molecule has 2 aromatic carbocycles. The second kappa shape index (κ2) is 6.50. The number of ether oxygens (including phenoxy) is 1. The summed E-state index contributed by atoms with van der Waals surface area (Å²) < 4.78 is 6.53. The second-order valence-electron chi connectivity index (χ2n) is 5.18. The number of nitrogens with zero attached hydrogens (tertiary/aromatic N) is 1. The topological polar surface area (TPSA) is 49.8 Å². The number of aromatic hydroxyl groups is 1. The lowest BCUT2D eigenvalue weighted by Crippen LogP contribution is -2.42. The van der Waals surface area contributed by atoms with Crippen LogP contribution in [0.15, 0.2) is 53.0 Å². The Morgan fingerprint density at radius 3 is 2.77 bits per heavy atom. The van der Waals surface area contributed by atoms with Crippen molar-refractivity contribution in [2.45, 2.75) is 6.10 Å². The summed E-state index contributed by atoms with van der Waals surface area (Å²) in [6, 6.07) is 14.7.